The first-order chi connectivity index (χ1) is 13.8. The first-order valence-electron chi connectivity index (χ1n) is 9.43. The largest absolute Gasteiger partial charge is 0.494 e. The van der Waals surface area contributed by atoms with Gasteiger partial charge in [0.25, 0.3) is 5.91 Å². The number of fused-ring (bicyclic) bond motifs is 1. The molecule has 0 spiro atoms. The zero-order valence-electron chi connectivity index (χ0n) is 15.9. The number of pyridine rings is 2. The molecule has 0 bridgehead atoms. The number of unbranched alkanes of at least 4 members (excludes halogenated alkanes) is 1. The van der Waals surface area contributed by atoms with Crippen molar-refractivity contribution in [2.45, 2.75) is 32.7 Å². The number of aromatic nitrogens is 2. The van der Waals surface area contributed by atoms with Crippen molar-refractivity contribution in [1.29, 1.82) is 0 Å². The highest BCUT2D eigenvalue weighted by atomic mass is 16.5. The second-order valence-electron chi connectivity index (χ2n) is 6.23. The van der Waals surface area contributed by atoms with Crippen molar-refractivity contribution in [3.05, 3.63) is 66.0 Å². The van der Waals surface area contributed by atoms with Gasteiger partial charge < -0.3 is 10.1 Å². The summed E-state index contributed by atoms with van der Waals surface area (Å²) < 4.78 is 5.77. The Morgan fingerprint density at radius 1 is 1.11 bits per heavy atom. The highest BCUT2D eigenvalue weighted by molar-refractivity contribution is 5.94. The Morgan fingerprint density at radius 3 is 2.93 bits per heavy atom. The van der Waals surface area contributed by atoms with Crippen LogP contribution in [0.25, 0.3) is 11.0 Å². The summed E-state index contributed by atoms with van der Waals surface area (Å²) >= 11 is 0. The molecule has 2 heterocycles. The molecule has 142 valence electrons. The lowest BCUT2D eigenvalue weighted by atomic mass is 10.2. The fourth-order valence-electron chi connectivity index (χ4n) is 2.67. The molecule has 0 aliphatic heterocycles. The quantitative estimate of drug-likeness (QED) is 0.500. The monoisotopic (exact) mass is 373 g/mol. The molecule has 2 aromatic heterocycles. The van der Waals surface area contributed by atoms with Gasteiger partial charge in [0.15, 0.2) is 0 Å². The number of rotatable bonds is 7. The van der Waals surface area contributed by atoms with Gasteiger partial charge in [0.2, 0.25) is 0 Å². The van der Waals surface area contributed by atoms with Crippen LogP contribution in [-0.2, 0) is 6.54 Å². The molecule has 3 rings (SSSR count). The van der Waals surface area contributed by atoms with Gasteiger partial charge in [0.05, 0.1) is 17.6 Å². The number of hydrogen-bond donors (Lipinski definition) is 1. The van der Waals surface area contributed by atoms with Gasteiger partial charge in [-0.1, -0.05) is 19.1 Å². The van der Waals surface area contributed by atoms with Gasteiger partial charge in [-0.05, 0) is 48.4 Å². The van der Waals surface area contributed by atoms with Crippen molar-refractivity contribution in [2.75, 3.05) is 6.61 Å². The van der Waals surface area contributed by atoms with E-state index in [1.165, 1.54) is 0 Å². The molecule has 5 heteroatoms. The Labute approximate surface area is 165 Å². The van der Waals surface area contributed by atoms with Crippen LogP contribution in [0.5, 0.6) is 5.75 Å². The number of nitrogens with zero attached hydrogens (tertiary/aromatic N) is 2. The smallest absolute Gasteiger partial charge is 0.270 e. The summed E-state index contributed by atoms with van der Waals surface area (Å²) in [6, 6.07) is 14.9. The lowest BCUT2D eigenvalue weighted by Crippen LogP contribution is -2.23. The molecule has 0 saturated carbocycles. The summed E-state index contributed by atoms with van der Waals surface area (Å²) in [4.78, 5) is 21.0. The lowest BCUT2D eigenvalue weighted by molar-refractivity contribution is 0.0946. The Bertz CT molecular complexity index is 1010. The minimum atomic E-state index is -0.216. The average molecular weight is 373 g/mol. The minimum absolute atomic E-state index is 0.216. The molecule has 3 aromatic rings. The van der Waals surface area contributed by atoms with Crippen molar-refractivity contribution >= 4 is 16.9 Å². The van der Waals surface area contributed by atoms with Crippen molar-refractivity contribution in [1.82, 2.24) is 15.3 Å². The highest BCUT2D eigenvalue weighted by Gasteiger charge is 2.08. The Morgan fingerprint density at radius 2 is 2.04 bits per heavy atom. The summed E-state index contributed by atoms with van der Waals surface area (Å²) in [7, 11) is 0. The van der Waals surface area contributed by atoms with Crippen LogP contribution < -0.4 is 10.1 Å². The van der Waals surface area contributed by atoms with E-state index >= 15 is 0 Å². The zero-order valence-corrected chi connectivity index (χ0v) is 15.9. The van der Waals surface area contributed by atoms with Crippen LogP contribution in [0.3, 0.4) is 0 Å². The third kappa shape index (κ3) is 5.55. The summed E-state index contributed by atoms with van der Waals surface area (Å²) in [6.07, 6.45) is 4.34. The number of amides is 1. The van der Waals surface area contributed by atoms with Crippen LogP contribution in [0, 0.1) is 11.8 Å². The van der Waals surface area contributed by atoms with Crippen LogP contribution >= 0.6 is 0 Å². The van der Waals surface area contributed by atoms with E-state index in [1.807, 2.05) is 37.3 Å². The van der Waals surface area contributed by atoms with Gasteiger partial charge in [0, 0.05) is 25.6 Å². The number of ether oxygens (including phenoxy) is 1. The van der Waals surface area contributed by atoms with Crippen molar-refractivity contribution in [3.63, 3.8) is 0 Å². The van der Waals surface area contributed by atoms with Crippen LogP contribution in [0.15, 0.2) is 54.7 Å². The average Bonchev–Trinajstić information content (AvgIpc) is 2.74. The van der Waals surface area contributed by atoms with E-state index in [-0.39, 0.29) is 5.91 Å². The maximum absolute atomic E-state index is 12.4. The SMILES string of the molecule is CCC#CCCCOc1cccc(CNC(=O)c2ccc3ncccc3n2)c1. The molecule has 0 fully saturated rings. The number of carbonyl (C=O) groups excluding carboxylic acids is 1. The second kappa shape index (κ2) is 10.1. The summed E-state index contributed by atoms with van der Waals surface area (Å²) in [6.45, 7) is 3.08. The van der Waals surface area contributed by atoms with Gasteiger partial charge in [-0.2, -0.15) is 0 Å². The summed E-state index contributed by atoms with van der Waals surface area (Å²) in [5.74, 6) is 6.74. The predicted octanol–water partition coefficient (Wildman–Crippen LogP) is 4.13. The molecule has 28 heavy (non-hydrogen) atoms. The van der Waals surface area contributed by atoms with E-state index in [4.69, 9.17) is 4.74 Å². The molecule has 1 aromatic carbocycles. The number of nitrogens with one attached hydrogen (secondary N) is 1. The maximum Gasteiger partial charge on any atom is 0.270 e. The molecule has 5 nitrogen and oxygen atoms in total. The van der Waals surface area contributed by atoms with E-state index < -0.39 is 0 Å². The fourth-order valence-corrected chi connectivity index (χ4v) is 2.67. The third-order valence-corrected chi connectivity index (χ3v) is 4.06. The van der Waals surface area contributed by atoms with E-state index in [0.29, 0.717) is 24.4 Å². The molecular weight excluding hydrogens is 350 g/mol. The highest BCUT2D eigenvalue weighted by Crippen LogP contribution is 2.14. The number of hydrogen-bond acceptors (Lipinski definition) is 4. The van der Waals surface area contributed by atoms with Crippen molar-refractivity contribution in [2.24, 2.45) is 0 Å². The molecule has 1 amide bonds. The molecule has 0 aliphatic rings. The summed E-state index contributed by atoms with van der Waals surface area (Å²) in [5, 5.41) is 2.90. The molecule has 0 saturated heterocycles. The first-order valence-corrected chi connectivity index (χ1v) is 9.43. The van der Waals surface area contributed by atoms with Crippen LogP contribution in [-0.4, -0.2) is 22.5 Å². The van der Waals surface area contributed by atoms with E-state index in [0.717, 1.165) is 36.1 Å². The number of carbonyl (C=O) groups is 1. The van der Waals surface area contributed by atoms with Gasteiger partial charge in [0.1, 0.15) is 11.4 Å². The van der Waals surface area contributed by atoms with Gasteiger partial charge in [-0.15, -0.1) is 11.8 Å². The van der Waals surface area contributed by atoms with Crippen molar-refractivity contribution < 1.29 is 9.53 Å². The van der Waals surface area contributed by atoms with Gasteiger partial charge in [-0.3, -0.25) is 9.78 Å². The zero-order chi connectivity index (χ0) is 19.6. The second-order valence-corrected chi connectivity index (χ2v) is 6.23. The van der Waals surface area contributed by atoms with Crippen LogP contribution in [0.2, 0.25) is 0 Å². The normalized spacial score (nSPS) is 10.2. The van der Waals surface area contributed by atoms with E-state index in [2.05, 4.69) is 27.1 Å². The standard InChI is InChI=1S/C23H23N3O2/c1-2-3-4-5-6-15-28-19-10-7-9-18(16-19)17-25-23(27)22-13-12-20-21(26-22)11-8-14-24-20/h7-14,16H,2,5-6,15,17H2,1H3,(H,25,27). The molecule has 0 aliphatic carbocycles. The predicted molar refractivity (Wildman–Crippen MR) is 110 cm³/mol. The van der Waals surface area contributed by atoms with Crippen LogP contribution in [0.4, 0.5) is 0 Å². The first kappa shape index (κ1) is 19.4. The third-order valence-electron chi connectivity index (χ3n) is 4.06. The molecular formula is C23H23N3O2. The lowest BCUT2D eigenvalue weighted by Gasteiger charge is -2.09. The summed E-state index contributed by atoms with van der Waals surface area (Å²) in [5.41, 5.74) is 2.82. The topological polar surface area (TPSA) is 64.1 Å². The molecule has 0 radical (unpaired) electrons. The minimum Gasteiger partial charge on any atom is -0.494 e. The van der Waals surface area contributed by atoms with Gasteiger partial charge in [-0.25, -0.2) is 4.98 Å². The molecule has 1 N–H and O–H groups in total. The Hall–Kier alpha value is -3.39. The van der Waals surface area contributed by atoms with Crippen molar-refractivity contribution in [3.8, 4) is 17.6 Å². The Balaban J connectivity index is 1.52. The number of benzene rings is 1. The molecule has 0 unspecified atom stereocenters. The molecule has 0 atom stereocenters. The fraction of sp³-hybridized carbons (Fsp3) is 0.261. The Kier molecular flexibility index (Phi) is 6.97. The van der Waals surface area contributed by atoms with Gasteiger partial charge >= 0.3 is 0 Å². The maximum atomic E-state index is 12.4. The van der Waals surface area contributed by atoms with E-state index in [9.17, 15) is 4.79 Å². The van der Waals surface area contributed by atoms with E-state index in [1.54, 1.807) is 24.4 Å². The van der Waals surface area contributed by atoms with Crippen LogP contribution in [0.1, 0.15) is 42.2 Å².